The fourth-order valence-electron chi connectivity index (χ4n) is 1.91. The van der Waals surface area contributed by atoms with E-state index in [1.54, 1.807) is 17.1 Å². The SMILES string of the molecule is O=C(O)c1cncc(-n2cc(-c3ccccc3)cn2)c1. The van der Waals surface area contributed by atoms with Crippen molar-refractivity contribution in [1.29, 1.82) is 0 Å². The number of hydrogen-bond donors (Lipinski definition) is 1. The number of rotatable bonds is 3. The first-order valence-corrected chi connectivity index (χ1v) is 6.03. The van der Waals surface area contributed by atoms with E-state index in [1.807, 2.05) is 36.5 Å². The molecule has 2 heterocycles. The summed E-state index contributed by atoms with van der Waals surface area (Å²) in [5.41, 5.74) is 2.78. The Balaban J connectivity index is 1.98. The van der Waals surface area contributed by atoms with E-state index in [-0.39, 0.29) is 5.56 Å². The van der Waals surface area contributed by atoms with Gasteiger partial charge in [-0.3, -0.25) is 4.98 Å². The molecular formula is C15H11N3O2. The van der Waals surface area contributed by atoms with Gasteiger partial charge < -0.3 is 5.11 Å². The van der Waals surface area contributed by atoms with Gasteiger partial charge in [0.05, 0.1) is 23.6 Å². The monoisotopic (exact) mass is 265 g/mol. The number of carbonyl (C=O) groups is 1. The van der Waals surface area contributed by atoms with Crippen LogP contribution in [0.25, 0.3) is 16.8 Å². The summed E-state index contributed by atoms with van der Waals surface area (Å²) in [6.07, 6.45) is 6.47. The third-order valence-electron chi connectivity index (χ3n) is 2.93. The molecule has 0 aliphatic rings. The molecule has 0 aliphatic heterocycles. The number of nitrogens with zero attached hydrogens (tertiary/aromatic N) is 3. The molecule has 5 heteroatoms. The van der Waals surface area contributed by atoms with E-state index in [9.17, 15) is 4.79 Å². The minimum atomic E-state index is -1.00. The van der Waals surface area contributed by atoms with Gasteiger partial charge in [-0.1, -0.05) is 30.3 Å². The summed E-state index contributed by atoms with van der Waals surface area (Å²) in [5, 5.41) is 13.2. The Morgan fingerprint density at radius 3 is 2.60 bits per heavy atom. The standard InChI is InChI=1S/C15H11N3O2/c19-15(20)12-6-14(9-16-7-12)18-10-13(8-17-18)11-4-2-1-3-5-11/h1-10H,(H,19,20). The number of aromatic nitrogens is 3. The summed E-state index contributed by atoms with van der Waals surface area (Å²) in [4.78, 5) is 14.9. The molecule has 1 N–H and O–H groups in total. The van der Waals surface area contributed by atoms with E-state index in [4.69, 9.17) is 5.11 Å². The maximum absolute atomic E-state index is 10.9. The van der Waals surface area contributed by atoms with Crippen molar-refractivity contribution in [3.05, 3.63) is 66.7 Å². The first kappa shape index (κ1) is 12.1. The molecule has 0 bridgehead atoms. The van der Waals surface area contributed by atoms with Crippen LogP contribution in [0.2, 0.25) is 0 Å². The van der Waals surface area contributed by atoms with E-state index in [0.717, 1.165) is 11.1 Å². The van der Waals surface area contributed by atoms with Gasteiger partial charge in [-0.15, -0.1) is 0 Å². The lowest BCUT2D eigenvalue weighted by Gasteiger charge is -2.01. The molecule has 5 nitrogen and oxygen atoms in total. The summed E-state index contributed by atoms with van der Waals surface area (Å²) in [5.74, 6) is -1.00. The van der Waals surface area contributed by atoms with Crippen LogP contribution in [0.3, 0.4) is 0 Å². The van der Waals surface area contributed by atoms with Crippen LogP contribution in [0.5, 0.6) is 0 Å². The predicted octanol–water partition coefficient (Wildman–Crippen LogP) is 2.63. The predicted molar refractivity (Wildman–Crippen MR) is 73.8 cm³/mol. The first-order valence-electron chi connectivity index (χ1n) is 6.03. The summed E-state index contributed by atoms with van der Waals surface area (Å²) >= 11 is 0. The number of hydrogen-bond acceptors (Lipinski definition) is 3. The normalized spacial score (nSPS) is 10.4. The van der Waals surface area contributed by atoms with Gasteiger partial charge in [-0.25, -0.2) is 9.48 Å². The number of carboxylic acids is 1. The summed E-state index contributed by atoms with van der Waals surface area (Å²) in [7, 11) is 0. The Bertz CT molecular complexity index is 751. The van der Waals surface area contributed by atoms with Crippen LogP contribution < -0.4 is 0 Å². The van der Waals surface area contributed by atoms with Crippen molar-refractivity contribution in [3.63, 3.8) is 0 Å². The van der Waals surface area contributed by atoms with Crippen molar-refractivity contribution in [1.82, 2.24) is 14.8 Å². The van der Waals surface area contributed by atoms with Gasteiger partial charge in [0.25, 0.3) is 0 Å². The maximum Gasteiger partial charge on any atom is 0.337 e. The second-order valence-electron chi connectivity index (χ2n) is 4.28. The molecule has 0 saturated carbocycles. The molecule has 2 aromatic heterocycles. The lowest BCUT2D eigenvalue weighted by molar-refractivity contribution is 0.0696. The number of pyridine rings is 1. The summed E-state index contributed by atoms with van der Waals surface area (Å²) in [6, 6.07) is 11.4. The van der Waals surface area contributed by atoms with E-state index >= 15 is 0 Å². The quantitative estimate of drug-likeness (QED) is 0.790. The van der Waals surface area contributed by atoms with Gasteiger partial charge in [-0.2, -0.15) is 5.10 Å². The molecule has 0 amide bonds. The molecule has 3 rings (SSSR count). The fraction of sp³-hybridized carbons (Fsp3) is 0. The van der Waals surface area contributed by atoms with Crippen molar-refractivity contribution in [2.75, 3.05) is 0 Å². The van der Waals surface area contributed by atoms with E-state index < -0.39 is 5.97 Å². The average Bonchev–Trinajstić information content (AvgIpc) is 2.98. The third-order valence-corrected chi connectivity index (χ3v) is 2.93. The second kappa shape index (κ2) is 4.97. The van der Waals surface area contributed by atoms with Gasteiger partial charge in [-0.05, 0) is 11.6 Å². The smallest absolute Gasteiger partial charge is 0.337 e. The zero-order valence-electron chi connectivity index (χ0n) is 10.5. The zero-order chi connectivity index (χ0) is 13.9. The molecule has 20 heavy (non-hydrogen) atoms. The van der Waals surface area contributed by atoms with Gasteiger partial charge in [0.15, 0.2) is 0 Å². The van der Waals surface area contributed by atoms with Gasteiger partial charge in [0, 0.05) is 18.0 Å². The van der Waals surface area contributed by atoms with E-state index in [1.165, 1.54) is 12.3 Å². The Morgan fingerprint density at radius 2 is 1.85 bits per heavy atom. The van der Waals surface area contributed by atoms with Crippen molar-refractivity contribution < 1.29 is 9.90 Å². The third kappa shape index (κ3) is 2.29. The summed E-state index contributed by atoms with van der Waals surface area (Å²) in [6.45, 7) is 0. The summed E-state index contributed by atoms with van der Waals surface area (Å²) < 4.78 is 1.61. The van der Waals surface area contributed by atoms with Crippen LogP contribution >= 0.6 is 0 Å². The molecule has 0 fully saturated rings. The fourth-order valence-corrected chi connectivity index (χ4v) is 1.91. The average molecular weight is 265 g/mol. The van der Waals surface area contributed by atoms with Crippen LogP contribution in [0.4, 0.5) is 0 Å². The minimum Gasteiger partial charge on any atom is -0.478 e. The Morgan fingerprint density at radius 1 is 1.05 bits per heavy atom. The molecule has 0 aliphatic carbocycles. The number of benzene rings is 1. The van der Waals surface area contributed by atoms with Crippen molar-refractivity contribution in [3.8, 4) is 16.8 Å². The van der Waals surface area contributed by atoms with Crippen LogP contribution in [0, 0.1) is 0 Å². The van der Waals surface area contributed by atoms with Crippen LogP contribution in [0.15, 0.2) is 61.2 Å². The Labute approximate surface area is 115 Å². The number of carboxylic acid groups (broad SMARTS) is 1. The molecular weight excluding hydrogens is 254 g/mol. The van der Waals surface area contributed by atoms with E-state index in [2.05, 4.69) is 10.1 Å². The largest absolute Gasteiger partial charge is 0.478 e. The lowest BCUT2D eigenvalue weighted by Crippen LogP contribution is -2.01. The topological polar surface area (TPSA) is 68.0 Å². The minimum absolute atomic E-state index is 0.138. The van der Waals surface area contributed by atoms with Crippen LogP contribution in [-0.4, -0.2) is 25.8 Å². The molecule has 0 spiro atoms. The second-order valence-corrected chi connectivity index (χ2v) is 4.28. The molecule has 0 unspecified atom stereocenters. The Hall–Kier alpha value is -2.95. The van der Waals surface area contributed by atoms with Crippen molar-refractivity contribution >= 4 is 5.97 Å². The van der Waals surface area contributed by atoms with Crippen molar-refractivity contribution in [2.45, 2.75) is 0 Å². The molecule has 1 aromatic carbocycles. The van der Waals surface area contributed by atoms with Crippen molar-refractivity contribution in [2.24, 2.45) is 0 Å². The van der Waals surface area contributed by atoms with E-state index in [0.29, 0.717) is 5.69 Å². The highest BCUT2D eigenvalue weighted by Crippen LogP contribution is 2.19. The highest BCUT2D eigenvalue weighted by Gasteiger charge is 2.07. The van der Waals surface area contributed by atoms with Gasteiger partial charge >= 0.3 is 5.97 Å². The van der Waals surface area contributed by atoms with Crippen LogP contribution in [-0.2, 0) is 0 Å². The first-order chi connectivity index (χ1) is 9.74. The highest BCUT2D eigenvalue weighted by molar-refractivity contribution is 5.87. The van der Waals surface area contributed by atoms with Gasteiger partial charge in [0.2, 0.25) is 0 Å². The maximum atomic E-state index is 10.9. The van der Waals surface area contributed by atoms with Crippen LogP contribution in [0.1, 0.15) is 10.4 Å². The molecule has 0 atom stereocenters. The zero-order valence-corrected chi connectivity index (χ0v) is 10.5. The Kier molecular flexibility index (Phi) is 3.01. The van der Waals surface area contributed by atoms with Gasteiger partial charge in [0.1, 0.15) is 0 Å². The lowest BCUT2D eigenvalue weighted by atomic mass is 10.1. The molecule has 0 saturated heterocycles. The molecule has 98 valence electrons. The molecule has 0 radical (unpaired) electrons. The highest BCUT2D eigenvalue weighted by atomic mass is 16.4. The number of aromatic carboxylic acids is 1. The molecule has 3 aromatic rings.